The number of hydrogen-bond donors (Lipinski definition) is 0. The molecule has 0 bridgehead atoms. The molecule has 0 saturated carbocycles. The largest absolute Gasteiger partial charge is 0.0617 e. The summed E-state index contributed by atoms with van der Waals surface area (Å²) in [6.45, 7) is 10.6. The maximum absolute atomic E-state index is 4.06. The van der Waals surface area contributed by atoms with Crippen molar-refractivity contribution in [3.63, 3.8) is 0 Å². The molecular weight excluding hydrogens is 144 g/mol. The zero-order valence-corrected chi connectivity index (χ0v) is 8.22. The van der Waals surface area contributed by atoms with E-state index in [-0.39, 0.29) is 0 Å². The molecular formula is C12H17. The first-order chi connectivity index (χ1) is 5.66. The van der Waals surface area contributed by atoms with Gasteiger partial charge >= 0.3 is 0 Å². The van der Waals surface area contributed by atoms with Crippen molar-refractivity contribution in [1.29, 1.82) is 0 Å². The van der Waals surface area contributed by atoms with Crippen LogP contribution < -0.4 is 0 Å². The highest BCUT2D eigenvalue weighted by Gasteiger charge is 2.05. The highest BCUT2D eigenvalue weighted by molar-refractivity contribution is 5.36. The maximum atomic E-state index is 4.06. The Labute approximate surface area is 75.6 Å². The third-order valence-electron chi connectivity index (χ3n) is 2.33. The van der Waals surface area contributed by atoms with Gasteiger partial charge in [-0.2, -0.15) is 0 Å². The quantitative estimate of drug-likeness (QED) is 0.622. The Morgan fingerprint density at radius 2 is 2.08 bits per heavy atom. The van der Waals surface area contributed by atoms with E-state index in [9.17, 15) is 0 Å². The van der Waals surface area contributed by atoms with Gasteiger partial charge in [0, 0.05) is 0 Å². The first-order valence-corrected chi connectivity index (χ1v) is 4.58. The lowest BCUT2D eigenvalue weighted by molar-refractivity contribution is 0.918. The highest BCUT2D eigenvalue weighted by Crippen LogP contribution is 2.22. The van der Waals surface area contributed by atoms with E-state index in [1.807, 2.05) is 0 Å². The summed E-state index contributed by atoms with van der Waals surface area (Å²) < 4.78 is 0. The Morgan fingerprint density at radius 3 is 2.50 bits per heavy atom. The zero-order chi connectivity index (χ0) is 9.14. The minimum absolute atomic E-state index is 0.403. The van der Waals surface area contributed by atoms with Gasteiger partial charge < -0.3 is 0 Å². The van der Waals surface area contributed by atoms with Crippen LogP contribution >= 0.6 is 0 Å². The molecule has 0 aliphatic rings. The molecule has 12 heavy (non-hydrogen) atoms. The lowest BCUT2D eigenvalue weighted by Crippen LogP contribution is -1.97. The van der Waals surface area contributed by atoms with Crippen LogP contribution in [0.3, 0.4) is 0 Å². The molecule has 1 aromatic rings. The van der Waals surface area contributed by atoms with Crippen LogP contribution in [0.1, 0.15) is 36.5 Å². The first-order valence-electron chi connectivity index (χ1n) is 4.58. The van der Waals surface area contributed by atoms with E-state index in [1.165, 1.54) is 16.7 Å². The Morgan fingerprint density at radius 1 is 1.42 bits per heavy atom. The molecule has 0 aliphatic carbocycles. The molecule has 0 aliphatic heterocycles. The smallest absolute Gasteiger partial charge is 0.0187 e. The van der Waals surface area contributed by atoms with E-state index in [0.717, 1.165) is 6.42 Å². The molecule has 1 rings (SSSR count). The second-order valence-corrected chi connectivity index (χ2v) is 3.40. The number of benzene rings is 1. The maximum Gasteiger partial charge on any atom is -0.0187 e. The molecule has 0 heteroatoms. The van der Waals surface area contributed by atoms with E-state index in [4.69, 9.17) is 0 Å². The SMILES string of the molecule is [CH2]C(C)c1cccc(C)c1CC. The van der Waals surface area contributed by atoms with Crippen molar-refractivity contribution in [3.05, 3.63) is 41.8 Å². The van der Waals surface area contributed by atoms with E-state index in [1.54, 1.807) is 0 Å². The standard InChI is InChI=1S/C12H17/c1-5-11-10(4)7-6-8-12(11)9(2)3/h6-9H,2,5H2,1,3-4H3. The summed E-state index contributed by atoms with van der Waals surface area (Å²) in [7, 11) is 0. The Hall–Kier alpha value is -0.780. The molecule has 65 valence electrons. The average Bonchev–Trinajstić information content (AvgIpc) is 2.03. The van der Waals surface area contributed by atoms with Gasteiger partial charge in [-0.25, -0.2) is 0 Å². The van der Waals surface area contributed by atoms with Crippen LogP contribution in [0.4, 0.5) is 0 Å². The molecule has 0 fully saturated rings. The van der Waals surface area contributed by atoms with Crippen molar-refractivity contribution < 1.29 is 0 Å². The average molecular weight is 161 g/mol. The van der Waals surface area contributed by atoms with Crippen LogP contribution in [0.5, 0.6) is 0 Å². The van der Waals surface area contributed by atoms with Gasteiger partial charge in [0.15, 0.2) is 0 Å². The van der Waals surface area contributed by atoms with Crippen molar-refractivity contribution >= 4 is 0 Å². The van der Waals surface area contributed by atoms with Gasteiger partial charge in [-0.3, -0.25) is 0 Å². The van der Waals surface area contributed by atoms with Gasteiger partial charge in [0.2, 0.25) is 0 Å². The summed E-state index contributed by atoms with van der Waals surface area (Å²) in [6, 6.07) is 6.47. The molecule has 1 atom stereocenters. The second kappa shape index (κ2) is 3.75. The summed E-state index contributed by atoms with van der Waals surface area (Å²) in [6.07, 6.45) is 1.11. The molecule has 1 unspecified atom stereocenters. The molecule has 0 N–H and O–H groups in total. The molecule has 0 saturated heterocycles. The number of hydrogen-bond acceptors (Lipinski definition) is 0. The van der Waals surface area contributed by atoms with Gasteiger partial charge in [-0.15, -0.1) is 0 Å². The van der Waals surface area contributed by atoms with Gasteiger partial charge in [0.25, 0.3) is 0 Å². The summed E-state index contributed by atoms with van der Waals surface area (Å²) in [5, 5.41) is 0. The van der Waals surface area contributed by atoms with Gasteiger partial charge in [-0.05, 0) is 42.9 Å². The normalized spacial score (nSPS) is 10.8. The predicted octanol–water partition coefficient (Wildman–Crippen LogP) is 3.50. The molecule has 0 aromatic heterocycles. The van der Waals surface area contributed by atoms with Crippen molar-refractivity contribution in [2.75, 3.05) is 0 Å². The van der Waals surface area contributed by atoms with Crippen LogP contribution in [-0.4, -0.2) is 0 Å². The zero-order valence-electron chi connectivity index (χ0n) is 8.22. The summed E-state index contributed by atoms with van der Waals surface area (Å²) in [5.41, 5.74) is 4.27. The monoisotopic (exact) mass is 161 g/mol. The van der Waals surface area contributed by atoms with Gasteiger partial charge in [0.1, 0.15) is 0 Å². The third-order valence-corrected chi connectivity index (χ3v) is 2.33. The minimum Gasteiger partial charge on any atom is -0.0617 e. The Kier molecular flexibility index (Phi) is 2.91. The predicted molar refractivity (Wildman–Crippen MR) is 54.3 cm³/mol. The second-order valence-electron chi connectivity index (χ2n) is 3.40. The number of rotatable bonds is 2. The van der Waals surface area contributed by atoms with Crippen molar-refractivity contribution in [3.8, 4) is 0 Å². The van der Waals surface area contributed by atoms with Crippen LogP contribution in [-0.2, 0) is 6.42 Å². The van der Waals surface area contributed by atoms with Crippen LogP contribution in [0.15, 0.2) is 18.2 Å². The van der Waals surface area contributed by atoms with Crippen molar-refractivity contribution in [2.45, 2.75) is 33.1 Å². The highest BCUT2D eigenvalue weighted by atomic mass is 14.1. The molecule has 0 nitrogen and oxygen atoms in total. The fraction of sp³-hybridized carbons (Fsp3) is 0.417. The van der Waals surface area contributed by atoms with Crippen LogP contribution in [0.2, 0.25) is 0 Å². The summed E-state index contributed by atoms with van der Waals surface area (Å²) in [5.74, 6) is 0.403. The number of aryl methyl sites for hydroxylation is 1. The van der Waals surface area contributed by atoms with Gasteiger partial charge in [-0.1, -0.05) is 32.0 Å². The molecule has 1 radical (unpaired) electrons. The lowest BCUT2D eigenvalue weighted by atomic mass is 9.92. The molecule has 0 amide bonds. The Bertz CT molecular complexity index is 259. The minimum atomic E-state index is 0.403. The summed E-state index contributed by atoms with van der Waals surface area (Å²) >= 11 is 0. The van der Waals surface area contributed by atoms with Crippen LogP contribution in [0, 0.1) is 13.8 Å². The van der Waals surface area contributed by atoms with Crippen molar-refractivity contribution in [2.24, 2.45) is 0 Å². The fourth-order valence-electron chi connectivity index (χ4n) is 1.67. The molecule has 0 heterocycles. The first kappa shape index (κ1) is 9.31. The summed E-state index contributed by atoms with van der Waals surface area (Å²) in [4.78, 5) is 0. The van der Waals surface area contributed by atoms with Gasteiger partial charge in [0.05, 0.1) is 0 Å². The van der Waals surface area contributed by atoms with Crippen LogP contribution in [0.25, 0.3) is 0 Å². The topological polar surface area (TPSA) is 0 Å². The van der Waals surface area contributed by atoms with E-state index >= 15 is 0 Å². The molecule has 0 spiro atoms. The lowest BCUT2D eigenvalue weighted by Gasteiger charge is -2.13. The fourth-order valence-corrected chi connectivity index (χ4v) is 1.67. The van der Waals surface area contributed by atoms with Crippen molar-refractivity contribution in [1.82, 2.24) is 0 Å². The van der Waals surface area contributed by atoms with E-state index < -0.39 is 0 Å². The molecule has 1 aromatic carbocycles. The van der Waals surface area contributed by atoms with E-state index in [0.29, 0.717) is 5.92 Å². The Balaban J connectivity index is 3.18. The van der Waals surface area contributed by atoms with E-state index in [2.05, 4.69) is 45.9 Å². The third kappa shape index (κ3) is 1.69.